The van der Waals surface area contributed by atoms with Crippen LogP contribution in [0.15, 0.2) is 74.4 Å². The van der Waals surface area contributed by atoms with E-state index in [-0.39, 0.29) is 39.4 Å². The van der Waals surface area contributed by atoms with Crippen molar-refractivity contribution in [2.75, 3.05) is 5.43 Å². The van der Waals surface area contributed by atoms with Crippen molar-refractivity contribution in [2.45, 2.75) is 14.7 Å². The Bertz CT molecular complexity index is 1810. The number of fused-ring (bicyclic) bond motifs is 2. The predicted octanol–water partition coefficient (Wildman–Crippen LogP) is 0.583. The van der Waals surface area contributed by atoms with Crippen LogP contribution in [-0.2, 0) is 35.1 Å². The number of rotatable bonds is 5. The second-order valence-corrected chi connectivity index (χ2v) is 11.2. The Kier molecular flexibility index (Phi) is 7.30. The van der Waals surface area contributed by atoms with E-state index < -0.39 is 62.1 Å². The number of ketones is 1. The van der Waals surface area contributed by atoms with Crippen LogP contribution in [0, 0.1) is 0 Å². The maximum atomic E-state index is 12.5. The summed E-state index contributed by atoms with van der Waals surface area (Å²) in [4.78, 5) is 9.93. The number of nitrogens with zero attached hydrogens (tertiary/aromatic N) is 1. The number of hydrogen-bond donors (Lipinski definition) is 1. The van der Waals surface area contributed by atoms with Crippen LogP contribution in [0.3, 0.4) is 0 Å². The van der Waals surface area contributed by atoms with Crippen LogP contribution >= 0.6 is 0 Å². The number of benzene rings is 3. The zero-order valence-electron chi connectivity index (χ0n) is 17.6. The molecule has 0 amide bonds. The standard InChI is InChI=1S/C20H14N2O10S3.Al/c23-17-7-5-14-15(9-11(33(24,25)26)10-19(14)35(30,31)32)20(17)22-21-16-6-8-18(34(27,28)29)13-4-2-1-3-12(13)16;/h1-10,21H,(H,24,25,26)(H,27,28,29)(H,30,31,32);/q;+3/p-3/b22-20+;. The first-order valence-electron chi connectivity index (χ1n) is 9.32. The Labute approximate surface area is 215 Å². The van der Waals surface area contributed by atoms with Gasteiger partial charge in [0.1, 0.15) is 36.1 Å². The normalized spacial score (nSPS) is 15.0. The van der Waals surface area contributed by atoms with Gasteiger partial charge < -0.3 is 13.7 Å². The largest absolute Gasteiger partial charge is 3.00 e. The quantitative estimate of drug-likeness (QED) is 0.258. The van der Waals surface area contributed by atoms with E-state index in [4.69, 9.17) is 0 Å². The van der Waals surface area contributed by atoms with Gasteiger partial charge in [0.05, 0.1) is 20.4 Å². The summed E-state index contributed by atoms with van der Waals surface area (Å²) in [7, 11) is -15.3. The number of nitrogens with one attached hydrogen (secondary N) is 1. The fourth-order valence-electron chi connectivity index (χ4n) is 3.51. The van der Waals surface area contributed by atoms with Gasteiger partial charge in [-0.25, -0.2) is 25.3 Å². The predicted molar refractivity (Wildman–Crippen MR) is 124 cm³/mol. The Balaban J connectivity index is 0.00000361. The molecule has 0 aliphatic heterocycles. The maximum Gasteiger partial charge on any atom is 3.00 e. The summed E-state index contributed by atoms with van der Waals surface area (Å²) in [5.74, 6) is -0.817. The summed E-state index contributed by atoms with van der Waals surface area (Å²) >= 11 is 0. The number of carbonyl (C=O) groups excluding carboxylic acids is 1. The molecule has 0 spiro atoms. The Morgan fingerprint density at radius 1 is 0.722 bits per heavy atom. The smallest absolute Gasteiger partial charge is 0.744 e. The minimum Gasteiger partial charge on any atom is -0.744 e. The summed E-state index contributed by atoms with van der Waals surface area (Å²) in [6.45, 7) is 0. The molecule has 3 aromatic rings. The molecule has 0 saturated carbocycles. The summed E-state index contributed by atoms with van der Waals surface area (Å²) in [5.41, 5.74) is 1.37. The number of hydrazone groups is 1. The van der Waals surface area contributed by atoms with E-state index in [0.717, 1.165) is 24.3 Å². The molecule has 16 heteroatoms. The van der Waals surface area contributed by atoms with Crippen molar-refractivity contribution < 1.29 is 43.7 Å². The van der Waals surface area contributed by atoms with Crippen LogP contribution < -0.4 is 5.43 Å². The van der Waals surface area contributed by atoms with E-state index in [1.165, 1.54) is 24.3 Å². The molecule has 0 heterocycles. The molecule has 0 unspecified atom stereocenters. The number of hydrogen-bond acceptors (Lipinski definition) is 12. The van der Waals surface area contributed by atoms with Gasteiger partial charge >= 0.3 is 17.4 Å². The number of allylic oxidation sites excluding steroid dienone is 1. The van der Waals surface area contributed by atoms with E-state index in [1.807, 2.05) is 0 Å². The van der Waals surface area contributed by atoms with E-state index in [2.05, 4.69) is 10.5 Å². The topological polar surface area (TPSA) is 213 Å². The Morgan fingerprint density at radius 2 is 1.33 bits per heavy atom. The molecule has 1 N–H and O–H groups in total. The SMILES string of the molecule is O=C1C=Cc2c(cc(S(=O)(=O)[O-])cc2S(=O)(=O)[O-])/C1=N\Nc1ccc(S(=O)(=O)[O-])c2ccccc12.[Al+3]. The molecular weight excluding hydrogens is 551 g/mol. The summed E-state index contributed by atoms with van der Waals surface area (Å²) in [5, 5.41) is 4.19. The average Bonchev–Trinajstić information content (AvgIpc) is 2.75. The molecule has 0 radical (unpaired) electrons. The molecule has 12 nitrogen and oxygen atoms in total. The van der Waals surface area contributed by atoms with Gasteiger partial charge in [-0.1, -0.05) is 24.3 Å². The molecule has 4 rings (SSSR count). The van der Waals surface area contributed by atoms with Gasteiger partial charge in [0.15, 0.2) is 0 Å². The zero-order chi connectivity index (χ0) is 25.8. The van der Waals surface area contributed by atoms with Crippen molar-refractivity contribution in [1.29, 1.82) is 0 Å². The maximum absolute atomic E-state index is 12.5. The molecule has 3 aromatic carbocycles. The third-order valence-electron chi connectivity index (χ3n) is 5.01. The minimum atomic E-state index is -5.26. The van der Waals surface area contributed by atoms with Crippen molar-refractivity contribution in [3.63, 3.8) is 0 Å². The van der Waals surface area contributed by atoms with Crippen molar-refractivity contribution in [1.82, 2.24) is 0 Å². The van der Waals surface area contributed by atoms with Crippen LogP contribution in [0.1, 0.15) is 11.1 Å². The number of anilines is 1. The molecule has 0 fully saturated rings. The van der Waals surface area contributed by atoms with E-state index in [1.54, 1.807) is 6.07 Å². The fraction of sp³-hybridized carbons (Fsp3) is 0. The average molecular weight is 562 g/mol. The Hall–Kier alpha value is -2.94. The first kappa shape index (κ1) is 27.6. The Morgan fingerprint density at radius 3 is 1.92 bits per heavy atom. The van der Waals surface area contributed by atoms with Crippen molar-refractivity contribution in [3.05, 3.63) is 65.7 Å². The minimum absolute atomic E-state index is 0. The van der Waals surface area contributed by atoms with Gasteiger partial charge in [-0.3, -0.25) is 10.2 Å². The second-order valence-electron chi connectivity index (χ2n) is 7.17. The van der Waals surface area contributed by atoms with Crippen molar-refractivity contribution in [2.24, 2.45) is 5.10 Å². The van der Waals surface area contributed by atoms with Gasteiger partial charge in [-0.15, -0.1) is 0 Å². The molecule has 182 valence electrons. The summed E-state index contributed by atoms with van der Waals surface area (Å²) < 4.78 is 104. The zero-order valence-corrected chi connectivity index (χ0v) is 21.2. The molecule has 1 aliphatic carbocycles. The van der Waals surface area contributed by atoms with Crippen molar-refractivity contribution >= 4 is 81.7 Å². The molecule has 1 aliphatic rings. The summed E-state index contributed by atoms with van der Waals surface area (Å²) in [6.07, 6.45) is 1.88. The van der Waals surface area contributed by atoms with Gasteiger partial charge in [-0.2, -0.15) is 5.10 Å². The third kappa shape index (κ3) is 5.26. The molecular formula is C20H11AlN2O10S3. The third-order valence-corrected chi connectivity index (χ3v) is 7.59. The summed E-state index contributed by atoms with van der Waals surface area (Å²) in [6, 6.07) is 9.23. The fourth-order valence-corrected chi connectivity index (χ4v) is 5.51. The van der Waals surface area contributed by atoms with Crippen LogP contribution in [0.25, 0.3) is 16.8 Å². The van der Waals surface area contributed by atoms with Crippen LogP contribution in [0.4, 0.5) is 5.69 Å². The van der Waals surface area contributed by atoms with E-state index >= 15 is 0 Å². The van der Waals surface area contributed by atoms with Crippen LogP contribution in [-0.4, -0.2) is 67.8 Å². The monoisotopic (exact) mass is 562 g/mol. The van der Waals surface area contributed by atoms with Crippen molar-refractivity contribution in [3.8, 4) is 0 Å². The van der Waals surface area contributed by atoms with Crippen LogP contribution in [0.2, 0.25) is 0 Å². The van der Waals surface area contributed by atoms with Crippen LogP contribution in [0.5, 0.6) is 0 Å². The molecule has 36 heavy (non-hydrogen) atoms. The van der Waals surface area contributed by atoms with Gasteiger partial charge in [0.25, 0.3) is 0 Å². The second kappa shape index (κ2) is 9.50. The number of carbonyl (C=O) groups is 1. The molecule has 0 saturated heterocycles. The molecule has 0 aromatic heterocycles. The molecule has 0 atom stereocenters. The van der Waals surface area contributed by atoms with Gasteiger partial charge in [0.2, 0.25) is 5.78 Å². The first-order chi connectivity index (χ1) is 16.2. The van der Waals surface area contributed by atoms with Gasteiger partial charge in [-0.05, 0) is 36.4 Å². The first-order valence-corrected chi connectivity index (χ1v) is 13.5. The van der Waals surface area contributed by atoms with E-state index in [9.17, 15) is 43.7 Å². The van der Waals surface area contributed by atoms with Gasteiger partial charge in [0, 0.05) is 21.9 Å². The molecule has 0 bridgehead atoms. The van der Waals surface area contributed by atoms with E-state index in [0.29, 0.717) is 6.07 Å².